The molecule has 1 unspecified atom stereocenters. The van der Waals surface area contributed by atoms with E-state index in [9.17, 15) is 14.4 Å². The monoisotopic (exact) mass is 687 g/mol. The van der Waals surface area contributed by atoms with Crippen LogP contribution in [0.15, 0.2) is 42.5 Å². The average Bonchev–Trinajstić information content (AvgIpc) is 3.03. The molecule has 2 fully saturated rings. The second-order valence-electron chi connectivity index (χ2n) is 14.2. The lowest BCUT2D eigenvalue weighted by atomic mass is 9.82. The first-order valence-electron chi connectivity index (χ1n) is 16.7. The minimum absolute atomic E-state index is 0.0176. The van der Waals surface area contributed by atoms with Crippen LogP contribution >= 0.6 is 23.2 Å². The predicted octanol–water partition coefficient (Wildman–Crippen LogP) is 7.00. The van der Waals surface area contributed by atoms with E-state index in [2.05, 4.69) is 15.1 Å². The number of ether oxygens (including phenoxy) is 1. The summed E-state index contributed by atoms with van der Waals surface area (Å²) in [4.78, 5) is 47.6. The van der Waals surface area contributed by atoms with Gasteiger partial charge in [-0.15, -0.1) is 0 Å². The Morgan fingerprint density at radius 1 is 0.915 bits per heavy atom. The van der Waals surface area contributed by atoms with Gasteiger partial charge in [0, 0.05) is 57.9 Å². The second-order valence-corrected chi connectivity index (χ2v) is 15.0. The average molecular weight is 689 g/mol. The summed E-state index contributed by atoms with van der Waals surface area (Å²) in [5, 5.41) is 3.69. The van der Waals surface area contributed by atoms with Gasteiger partial charge in [-0.05, 0) is 114 Å². The maximum absolute atomic E-state index is 13.5. The summed E-state index contributed by atoms with van der Waals surface area (Å²) in [6, 6.07) is 12.5. The molecule has 4 rings (SSSR count). The third-order valence-corrected chi connectivity index (χ3v) is 10.0. The van der Waals surface area contributed by atoms with Crippen molar-refractivity contribution in [2.75, 3.05) is 65.7 Å². The maximum Gasteiger partial charge on any atom is 0.412 e. The maximum atomic E-state index is 13.5. The summed E-state index contributed by atoms with van der Waals surface area (Å²) >= 11 is 12.7. The van der Waals surface area contributed by atoms with Crippen molar-refractivity contribution >= 4 is 46.8 Å². The molecule has 0 aliphatic carbocycles. The highest BCUT2D eigenvalue weighted by Crippen LogP contribution is 2.34. The minimum atomic E-state index is -0.607. The summed E-state index contributed by atoms with van der Waals surface area (Å²) in [5.41, 5.74) is 1.06. The molecule has 2 aliphatic heterocycles. The first-order valence-corrected chi connectivity index (χ1v) is 17.4. The number of carbonyl (C=O) groups is 3. The summed E-state index contributed by atoms with van der Waals surface area (Å²) in [6.45, 7) is 10.4. The normalized spacial score (nSPS) is 17.9. The standard InChI is InChI=1S/C36H51Cl2N5O4/c1-35(2,3)47-34(46)39-29-13-10-26(11-14-29)32(44)41(6)25-28(27-12-15-30(37)31(38)24-27)16-21-42-22-17-36(18-23-42,33(45)40(4)5)43-19-8-7-9-20-43/h10-15,24,28H,7-9,16-23,25H2,1-6H3,(H,39,46). The lowest BCUT2D eigenvalue weighted by molar-refractivity contribution is -0.147. The molecule has 0 radical (unpaired) electrons. The Labute approximate surface area is 290 Å². The summed E-state index contributed by atoms with van der Waals surface area (Å²) in [7, 11) is 5.55. The number of rotatable bonds is 10. The van der Waals surface area contributed by atoms with Crippen LogP contribution in [0.1, 0.15) is 81.1 Å². The van der Waals surface area contributed by atoms with Crippen molar-refractivity contribution in [3.05, 3.63) is 63.6 Å². The summed E-state index contributed by atoms with van der Waals surface area (Å²) < 4.78 is 5.32. The van der Waals surface area contributed by atoms with Crippen LogP contribution in [0, 0.1) is 0 Å². The number of halogens is 2. The SMILES string of the molecule is CN(C)C(=O)C1(N2CCCCC2)CCN(CCC(CN(C)C(=O)c2ccc(NC(=O)OC(C)(C)C)cc2)c2ccc(Cl)c(Cl)c2)CC1. The number of anilines is 1. The molecular weight excluding hydrogens is 637 g/mol. The largest absolute Gasteiger partial charge is 0.444 e. The Bertz CT molecular complexity index is 1380. The number of amides is 3. The van der Waals surface area contributed by atoms with Crippen molar-refractivity contribution < 1.29 is 19.1 Å². The molecule has 1 atom stereocenters. The summed E-state index contributed by atoms with van der Waals surface area (Å²) in [6.07, 6.45) is 5.43. The van der Waals surface area contributed by atoms with Crippen molar-refractivity contribution in [2.24, 2.45) is 0 Å². The number of likely N-dealkylation sites (tertiary alicyclic amines) is 2. The molecule has 1 N–H and O–H groups in total. The number of hydrogen-bond acceptors (Lipinski definition) is 6. The van der Waals surface area contributed by atoms with Gasteiger partial charge in [0.2, 0.25) is 5.91 Å². The fraction of sp³-hybridized carbons (Fsp3) is 0.583. The lowest BCUT2D eigenvalue weighted by Gasteiger charge is -2.50. The zero-order valence-corrected chi connectivity index (χ0v) is 30.3. The molecule has 47 heavy (non-hydrogen) atoms. The molecule has 2 aromatic carbocycles. The zero-order chi connectivity index (χ0) is 34.4. The van der Waals surface area contributed by atoms with Crippen molar-refractivity contribution in [3.8, 4) is 0 Å². The van der Waals surface area contributed by atoms with Crippen molar-refractivity contribution in [1.82, 2.24) is 19.6 Å². The van der Waals surface area contributed by atoms with Gasteiger partial charge in [-0.2, -0.15) is 0 Å². The molecular formula is C36H51Cl2N5O4. The van der Waals surface area contributed by atoms with Crippen LogP contribution in [0.3, 0.4) is 0 Å². The van der Waals surface area contributed by atoms with E-state index in [1.54, 1.807) is 61.9 Å². The van der Waals surface area contributed by atoms with Crippen LogP contribution in [0.25, 0.3) is 0 Å². The van der Waals surface area contributed by atoms with Gasteiger partial charge in [0.05, 0.1) is 10.0 Å². The molecule has 3 amide bonds. The number of benzene rings is 2. The van der Waals surface area contributed by atoms with E-state index < -0.39 is 17.2 Å². The van der Waals surface area contributed by atoms with Crippen molar-refractivity contribution in [2.45, 2.75) is 76.4 Å². The number of nitrogens with zero attached hydrogens (tertiary/aromatic N) is 4. The molecule has 2 aliphatic rings. The molecule has 0 bridgehead atoms. The van der Waals surface area contributed by atoms with Crippen LogP contribution in [-0.4, -0.2) is 109 Å². The third-order valence-electron chi connectivity index (χ3n) is 9.28. The van der Waals surface area contributed by atoms with E-state index in [0.717, 1.165) is 70.4 Å². The molecule has 258 valence electrons. The Morgan fingerprint density at radius 2 is 1.55 bits per heavy atom. The number of piperidine rings is 2. The fourth-order valence-electron chi connectivity index (χ4n) is 6.77. The van der Waals surface area contributed by atoms with E-state index in [-0.39, 0.29) is 17.7 Å². The van der Waals surface area contributed by atoms with Gasteiger partial charge in [-0.1, -0.05) is 35.7 Å². The van der Waals surface area contributed by atoms with Gasteiger partial charge in [-0.3, -0.25) is 19.8 Å². The van der Waals surface area contributed by atoms with Crippen LogP contribution in [0.4, 0.5) is 10.5 Å². The zero-order valence-electron chi connectivity index (χ0n) is 28.8. The van der Waals surface area contributed by atoms with Crippen molar-refractivity contribution in [1.29, 1.82) is 0 Å². The predicted molar refractivity (Wildman–Crippen MR) is 190 cm³/mol. The molecule has 2 heterocycles. The highest BCUT2D eigenvalue weighted by atomic mass is 35.5. The second kappa shape index (κ2) is 16.0. The van der Waals surface area contributed by atoms with Crippen LogP contribution < -0.4 is 5.32 Å². The van der Waals surface area contributed by atoms with Gasteiger partial charge < -0.3 is 19.4 Å². The number of carbonyl (C=O) groups excluding carboxylic acids is 3. The van der Waals surface area contributed by atoms with Gasteiger partial charge >= 0.3 is 6.09 Å². The molecule has 11 heteroatoms. The topological polar surface area (TPSA) is 85.4 Å². The summed E-state index contributed by atoms with van der Waals surface area (Å²) in [5.74, 6) is 0.121. The fourth-order valence-corrected chi connectivity index (χ4v) is 7.08. The van der Waals surface area contributed by atoms with E-state index in [1.165, 1.54) is 6.42 Å². The van der Waals surface area contributed by atoms with E-state index in [0.29, 0.717) is 27.8 Å². The quantitative estimate of drug-likeness (QED) is 0.290. The smallest absolute Gasteiger partial charge is 0.412 e. The number of hydrogen-bond donors (Lipinski definition) is 1. The highest BCUT2D eigenvalue weighted by Gasteiger charge is 2.47. The third kappa shape index (κ3) is 9.84. The molecule has 0 aromatic heterocycles. The van der Waals surface area contributed by atoms with E-state index in [4.69, 9.17) is 27.9 Å². The van der Waals surface area contributed by atoms with E-state index >= 15 is 0 Å². The molecule has 2 saturated heterocycles. The number of nitrogens with one attached hydrogen (secondary N) is 1. The Kier molecular flexibility index (Phi) is 12.6. The van der Waals surface area contributed by atoms with Crippen LogP contribution in [0.2, 0.25) is 10.0 Å². The van der Waals surface area contributed by atoms with Crippen LogP contribution in [-0.2, 0) is 9.53 Å². The lowest BCUT2D eigenvalue weighted by Crippen LogP contribution is -2.64. The van der Waals surface area contributed by atoms with Gasteiger partial charge in [0.1, 0.15) is 11.1 Å². The number of likely N-dealkylation sites (N-methyl/N-ethyl adjacent to an activating group) is 2. The molecule has 9 nitrogen and oxygen atoms in total. The first kappa shape index (κ1) is 37.0. The molecule has 0 saturated carbocycles. The molecule has 2 aromatic rings. The first-order chi connectivity index (χ1) is 22.2. The van der Waals surface area contributed by atoms with Gasteiger partial charge in [-0.25, -0.2) is 4.79 Å². The Balaban J connectivity index is 1.42. The minimum Gasteiger partial charge on any atom is -0.444 e. The van der Waals surface area contributed by atoms with Crippen molar-refractivity contribution in [3.63, 3.8) is 0 Å². The van der Waals surface area contributed by atoms with Gasteiger partial charge in [0.25, 0.3) is 5.91 Å². The molecule has 0 spiro atoms. The van der Waals surface area contributed by atoms with Crippen LogP contribution in [0.5, 0.6) is 0 Å². The Morgan fingerprint density at radius 3 is 2.13 bits per heavy atom. The van der Waals surface area contributed by atoms with E-state index in [1.807, 2.05) is 32.3 Å². The Hall–Kier alpha value is -2.85. The highest BCUT2D eigenvalue weighted by molar-refractivity contribution is 6.42. The van der Waals surface area contributed by atoms with Gasteiger partial charge in [0.15, 0.2) is 0 Å².